The summed E-state index contributed by atoms with van der Waals surface area (Å²) in [5, 5.41) is 5.25. The maximum absolute atomic E-state index is 14.1. The number of carbonyl (C=O) groups is 2. The highest BCUT2D eigenvalue weighted by Gasteiger charge is 2.17. The Morgan fingerprint density at radius 1 is 1.19 bits per heavy atom. The van der Waals surface area contributed by atoms with Gasteiger partial charge >= 0.3 is 0 Å². The summed E-state index contributed by atoms with van der Waals surface area (Å²) in [5.41, 5.74) is 2.69. The van der Waals surface area contributed by atoms with E-state index in [1.165, 1.54) is 13.0 Å². The molecule has 0 aliphatic rings. The Hall–Kier alpha value is -2.24. The Balaban J connectivity index is 2.05. The molecule has 0 saturated heterocycles. The second kappa shape index (κ2) is 9.46. The van der Waals surface area contributed by atoms with Crippen LogP contribution in [0, 0.1) is 12.7 Å². The van der Waals surface area contributed by atoms with Crippen LogP contribution < -0.4 is 10.6 Å². The van der Waals surface area contributed by atoms with Crippen LogP contribution in [0.25, 0.3) is 0 Å². The van der Waals surface area contributed by atoms with Crippen LogP contribution in [-0.2, 0) is 22.6 Å². The molecule has 0 bridgehead atoms. The van der Waals surface area contributed by atoms with Crippen molar-refractivity contribution in [2.75, 3.05) is 5.32 Å². The molecule has 1 amide bonds. The summed E-state index contributed by atoms with van der Waals surface area (Å²) >= 11 is 5.71. The normalized spacial score (nSPS) is 11.8. The Labute approximate surface area is 157 Å². The molecule has 0 aliphatic heterocycles. The zero-order valence-corrected chi connectivity index (χ0v) is 15.6. The minimum atomic E-state index is -0.538. The second-order valence-corrected chi connectivity index (χ2v) is 6.56. The lowest BCUT2D eigenvalue weighted by Gasteiger charge is -2.16. The Morgan fingerprint density at radius 2 is 1.88 bits per heavy atom. The first-order chi connectivity index (χ1) is 12.4. The topological polar surface area (TPSA) is 58.2 Å². The van der Waals surface area contributed by atoms with Crippen molar-refractivity contribution < 1.29 is 14.0 Å². The van der Waals surface area contributed by atoms with Crippen molar-refractivity contribution >= 4 is 28.4 Å². The minimum Gasteiger partial charge on any atom is -0.326 e. The standard InChI is InChI=1S/C20H22ClFN2O2/c1-13-16(10-17(11-18(13)22)24-14(2)25)8-9-19(20(21)26)23-12-15-6-4-3-5-7-15/h3-7,10-11,19,23H,8-9,12H2,1-2H3,(H,24,25). The molecular weight excluding hydrogens is 355 g/mol. The first-order valence-corrected chi connectivity index (χ1v) is 8.78. The van der Waals surface area contributed by atoms with Crippen LogP contribution in [0.15, 0.2) is 42.5 Å². The third-order valence-electron chi connectivity index (χ3n) is 4.14. The van der Waals surface area contributed by atoms with Gasteiger partial charge in [-0.15, -0.1) is 0 Å². The molecule has 4 nitrogen and oxygen atoms in total. The van der Waals surface area contributed by atoms with E-state index in [4.69, 9.17) is 11.6 Å². The predicted molar refractivity (Wildman–Crippen MR) is 102 cm³/mol. The monoisotopic (exact) mass is 376 g/mol. The molecule has 1 atom stereocenters. The van der Waals surface area contributed by atoms with Gasteiger partial charge in [-0.05, 0) is 60.2 Å². The lowest BCUT2D eigenvalue weighted by molar-refractivity contribution is -0.114. The number of nitrogens with one attached hydrogen (secondary N) is 2. The van der Waals surface area contributed by atoms with E-state index in [1.807, 2.05) is 30.3 Å². The summed E-state index contributed by atoms with van der Waals surface area (Å²) in [5.74, 6) is -0.658. The highest BCUT2D eigenvalue weighted by molar-refractivity contribution is 6.64. The van der Waals surface area contributed by atoms with Crippen LogP contribution in [0.3, 0.4) is 0 Å². The van der Waals surface area contributed by atoms with Gasteiger partial charge in [0, 0.05) is 19.2 Å². The van der Waals surface area contributed by atoms with Crippen LogP contribution in [-0.4, -0.2) is 17.2 Å². The lowest BCUT2D eigenvalue weighted by atomic mass is 9.99. The van der Waals surface area contributed by atoms with E-state index in [9.17, 15) is 14.0 Å². The average Bonchev–Trinajstić information content (AvgIpc) is 2.58. The first kappa shape index (κ1) is 20.1. The molecule has 2 aromatic carbocycles. The summed E-state index contributed by atoms with van der Waals surface area (Å²) in [6, 6.07) is 12.2. The number of rotatable bonds is 8. The molecular formula is C20H22ClFN2O2. The van der Waals surface area contributed by atoms with Crippen LogP contribution in [0.4, 0.5) is 10.1 Å². The quantitative estimate of drug-likeness (QED) is 0.686. The molecule has 1 unspecified atom stereocenters. The van der Waals surface area contributed by atoms with Gasteiger partial charge in [0.25, 0.3) is 0 Å². The van der Waals surface area contributed by atoms with Crippen molar-refractivity contribution in [3.05, 3.63) is 65.0 Å². The fraction of sp³-hybridized carbons (Fsp3) is 0.300. The minimum absolute atomic E-state index is 0.266. The maximum atomic E-state index is 14.1. The molecule has 0 spiro atoms. The van der Waals surface area contributed by atoms with Crippen molar-refractivity contribution in [1.29, 1.82) is 0 Å². The predicted octanol–water partition coefficient (Wildman–Crippen LogP) is 3.95. The van der Waals surface area contributed by atoms with Gasteiger partial charge in [-0.1, -0.05) is 30.3 Å². The van der Waals surface area contributed by atoms with Crippen molar-refractivity contribution in [2.24, 2.45) is 0 Å². The summed E-state index contributed by atoms with van der Waals surface area (Å²) in [6.45, 7) is 3.56. The molecule has 0 saturated carbocycles. The SMILES string of the molecule is CC(=O)Nc1cc(F)c(C)c(CCC(NCc2ccccc2)C(=O)Cl)c1. The van der Waals surface area contributed by atoms with Gasteiger partial charge < -0.3 is 10.6 Å². The van der Waals surface area contributed by atoms with E-state index >= 15 is 0 Å². The molecule has 138 valence electrons. The van der Waals surface area contributed by atoms with Crippen molar-refractivity contribution in [3.8, 4) is 0 Å². The molecule has 0 aliphatic carbocycles. The fourth-order valence-corrected chi connectivity index (χ4v) is 2.89. The zero-order valence-electron chi connectivity index (χ0n) is 14.8. The summed E-state index contributed by atoms with van der Waals surface area (Å²) in [7, 11) is 0. The van der Waals surface area contributed by atoms with Crippen LogP contribution in [0.1, 0.15) is 30.0 Å². The van der Waals surface area contributed by atoms with Gasteiger partial charge in [0.15, 0.2) is 0 Å². The van der Waals surface area contributed by atoms with E-state index in [2.05, 4.69) is 10.6 Å². The summed E-state index contributed by atoms with van der Waals surface area (Å²) in [6.07, 6.45) is 0.889. The van der Waals surface area contributed by atoms with E-state index < -0.39 is 17.1 Å². The number of benzene rings is 2. The van der Waals surface area contributed by atoms with E-state index in [1.54, 1.807) is 13.0 Å². The molecule has 0 radical (unpaired) electrons. The van der Waals surface area contributed by atoms with Gasteiger partial charge in [-0.25, -0.2) is 4.39 Å². The van der Waals surface area contributed by atoms with E-state index in [-0.39, 0.29) is 5.91 Å². The van der Waals surface area contributed by atoms with Crippen LogP contribution in [0.5, 0.6) is 0 Å². The Kier molecular flexibility index (Phi) is 7.30. The van der Waals surface area contributed by atoms with E-state index in [0.29, 0.717) is 30.6 Å². The Bertz CT molecular complexity index is 781. The van der Waals surface area contributed by atoms with Crippen LogP contribution >= 0.6 is 11.6 Å². The van der Waals surface area contributed by atoms with Gasteiger partial charge in [-0.3, -0.25) is 9.59 Å². The molecule has 6 heteroatoms. The zero-order chi connectivity index (χ0) is 19.1. The summed E-state index contributed by atoms with van der Waals surface area (Å²) < 4.78 is 14.1. The van der Waals surface area contributed by atoms with Crippen LogP contribution in [0.2, 0.25) is 0 Å². The lowest BCUT2D eigenvalue weighted by Crippen LogP contribution is -2.34. The highest BCUT2D eigenvalue weighted by Crippen LogP contribution is 2.21. The third-order valence-corrected chi connectivity index (χ3v) is 4.41. The van der Waals surface area contributed by atoms with Gasteiger partial charge in [-0.2, -0.15) is 0 Å². The molecule has 0 fully saturated rings. The molecule has 2 rings (SSSR count). The highest BCUT2D eigenvalue weighted by atomic mass is 35.5. The molecule has 2 N–H and O–H groups in total. The fourth-order valence-electron chi connectivity index (χ4n) is 2.70. The number of aryl methyl sites for hydroxylation is 1. The third kappa shape index (κ3) is 5.93. The average molecular weight is 377 g/mol. The first-order valence-electron chi connectivity index (χ1n) is 8.40. The van der Waals surface area contributed by atoms with E-state index in [0.717, 1.165) is 11.1 Å². The maximum Gasteiger partial charge on any atom is 0.238 e. The van der Waals surface area contributed by atoms with Crippen molar-refractivity contribution in [1.82, 2.24) is 5.32 Å². The van der Waals surface area contributed by atoms with Gasteiger partial charge in [0.2, 0.25) is 11.1 Å². The molecule has 0 aromatic heterocycles. The number of anilines is 1. The largest absolute Gasteiger partial charge is 0.326 e. The Morgan fingerprint density at radius 3 is 2.50 bits per heavy atom. The summed E-state index contributed by atoms with van der Waals surface area (Å²) in [4.78, 5) is 22.9. The second-order valence-electron chi connectivity index (χ2n) is 6.19. The number of carbonyl (C=O) groups excluding carboxylic acids is 2. The van der Waals surface area contributed by atoms with Crippen molar-refractivity contribution in [3.63, 3.8) is 0 Å². The smallest absolute Gasteiger partial charge is 0.238 e. The number of hydrogen-bond acceptors (Lipinski definition) is 3. The van der Waals surface area contributed by atoms with Gasteiger partial charge in [0.05, 0.1) is 6.04 Å². The molecule has 0 heterocycles. The number of hydrogen-bond donors (Lipinski definition) is 2. The molecule has 26 heavy (non-hydrogen) atoms. The number of amides is 1. The molecule has 2 aromatic rings. The van der Waals surface area contributed by atoms with Gasteiger partial charge in [0.1, 0.15) is 5.82 Å². The van der Waals surface area contributed by atoms with Crippen molar-refractivity contribution in [2.45, 2.75) is 39.3 Å². The number of halogens is 2.